The number of rotatable bonds is 9. The van der Waals surface area contributed by atoms with E-state index in [4.69, 9.17) is 18.9 Å². The lowest BCUT2D eigenvalue weighted by molar-refractivity contribution is -0.115. The molecule has 0 spiro atoms. The molecule has 0 fully saturated rings. The fraction of sp³-hybridized carbons (Fsp3) is 0.348. The molecule has 0 saturated carbocycles. The van der Waals surface area contributed by atoms with E-state index < -0.39 is 12.7 Å². The Morgan fingerprint density at radius 2 is 1.53 bits per heavy atom. The lowest BCUT2D eigenvalue weighted by Gasteiger charge is -2.18. The minimum absolute atomic E-state index is 0. The zero-order valence-electron chi connectivity index (χ0n) is 19.1. The highest BCUT2D eigenvalue weighted by molar-refractivity contribution is 5.98. The van der Waals surface area contributed by atoms with E-state index in [9.17, 15) is 13.2 Å². The Morgan fingerprint density at radius 1 is 0.882 bits per heavy atom. The number of anilines is 1. The van der Waals surface area contributed by atoms with Crippen molar-refractivity contribution in [1.29, 1.82) is 0 Å². The summed E-state index contributed by atoms with van der Waals surface area (Å²) in [6.07, 6.45) is -0.685. The zero-order valence-corrected chi connectivity index (χ0v) is 20.7. The van der Waals surface area contributed by atoms with Crippen molar-refractivity contribution in [1.82, 2.24) is 4.98 Å². The van der Waals surface area contributed by atoms with Crippen LogP contribution in [-0.2, 0) is 6.42 Å². The van der Waals surface area contributed by atoms with Gasteiger partial charge in [-0.2, -0.15) is 13.2 Å². The molecule has 1 aromatic heterocycles. The van der Waals surface area contributed by atoms with Crippen LogP contribution in [0.15, 0.2) is 36.7 Å². The third-order valence-electron chi connectivity index (χ3n) is 4.87. The molecule has 3 aromatic rings. The molecule has 2 aromatic carbocycles. The van der Waals surface area contributed by atoms with Crippen molar-refractivity contribution in [2.45, 2.75) is 19.5 Å². The highest BCUT2D eigenvalue weighted by Gasteiger charge is 2.28. The molecule has 0 aliphatic heterocycles. The molecule has 0 radical (unpaired) electrons. The standard InChI is InChI=1S/C23H25F3N2O4.2ClH/c1-5-32-18-7-6-16-15(11-27-12-17(16)21(18)28-13-23(24,25)26)8-14-9-19(29-2)22(31-4)20(10-14)30-3;;/h6-7,9-12,28H,5,8,13H2,1-4H3;2*1H. The van der Waals surface area contributed by atoms with Gasteiger partial charge in [0.2, 0.25) is 5.75 Å². The fourth-order valence-corrected chi connectivity index (χ4v) is 3.53. The van der Waals surface area contributed by atoms with E-state index in [-0.39, 0.29) is 30.5 Å². The predicted octanol–water partition coefficient (Wildman–Crippen LogP) is 6.07. The number of pyridine rings is 1. The molecule has 6 nitrogen and oxygen atoms in total. The molecule has 1 heterocycles. The van der Waals surface area contributed by atoms with Crippen LogP contribution in [0.2, 0.25) is 0 Å². The predicted molar refractivity (Wildman–Crippen MR) is 131 cm³/mol. The third kappa shape index (κ3) is 6.64. The van der Waals surface area contributed by atoms with E-state index in [1.54, 1.807) is 19.2 Å². The van der Waals surface area contributed by atoms with Gasteiger partial charge in [0.15, 0.2) is 11.5 Å². The van der Waals surface area contributed by atoms with Crippen LogP contribution in [0.1, 0.15) is 18.1 Å². The molecule has 0 bridgehead atoms. The van der Waals surface area contributed by atoms with Crippen LogP contribution in [0.25, 0.3) is 10.8 Å². The molecule has 3 rings (SSSR count). The maximum atomic E-state index is 12.9. The Bertz CT molecular complexity index is 1070. The number of ether oxygens (including phenoxy) is 4. The van der Waals surface area contributed by atoms with Crippen molar-refractivity contribution in [3.8, 4) is 23.0 Å². The van der Waals surface area contributed by atoms with Crippen LogP contribution in [0, 0.1) is 0 Å². The van der Waals surface area contributed by atoms with Crippen molar-refractivity contribution in [2.75, 3.05) is 39.8 Å². The Labute approximate surface area is 208 Å². The molecule has 0 atom stereocenters. The van der Waals surface area contributed by atoms with Gasteiger partial charge in [-0.25, -0.2) is 0 Å². The average Bonchev–Trinajstić information content (AvgIpc) is 2.77. The van der Waals surface area contributed by atoms with Crippen LogP contribution in [0.5, 0.6) is 23.0 Å². The van der Waals surface area contributed by atoms with Gasteiger partial charge in [-0.1, -0.05) is 6.07 Å². The lowest BCUT2D eigenvalue weighted by atomic mass is 9.99. The minimum atomic E-state index is -4.37. The molecule has 0 aliphatic carbocycles. The smallest absolute Gasteiger partial charge is 0.405 e. The molecular formula is C23H27Cl2F3N2O4. The summed E-state index contributed by atoms with van der Waals surface area (Å²) in [6, 6.07) is 7.16. The van der Waals surface area contributed by atoms with Crippen molar-refractivity contribution in [2.24, 2.45) is 0 Å². The van der Waals surface area contributed by atoms with Crippen molar-refractivity contribution >= 4 is 41.3 Å². The van der Waals surface area contributed by atoms with E-state index in [1.165, 1.54) is 27.5 Å². The molecule has 1 N–H and O–H groups in total. The van der Waals surface area contributed by atoms with Gasteiger partial charge in [-0.3, -0.25) is 4.98 Å². The second-order valence-electron chi connectivity index (χ2n) is 6.94. The molecule has 0 saturated heterocycles. The number of alkyl halides is 3. The van der Waals surface area contributed by atoms with Gasteiger partial charge in [-0.05, 0) is 48.1 Å². The fourth-order valence-electron chi connectivity index (χ4n) is 3.53. The average molecular weight is 523 g/mol. The van der Waals surface area contributed by atoms with Gasteiger partial charge in [0.25, 0.3) is 0 Å². The number of nitrogens with one attached hydrogen (secondary N) is 1. The number of nitrogens with zero attached hydrogens (tertiary/aromatic N) is 1. The van der Waals surface area contributed by atoms with E-state index in [0.29, 0.717) is 41.4 Å². The van der Waals surface area contributed by atoms with Gasteiger partial charge in [0.1, 0.15) is 12.3 Å². The molecule has 0 aliphatic rings. The molecule has 34 heavy (non-hydrogen) atoms. The number of aromatic nitrogens is 1. The van der Waals surface area contributed by atoms with Crippen molar-refractivity contribution < 1.29 is 32.1 Å². The normalized spacial score (nSPS) is 10.7. The number of methoxy groups -OCH3 is 3. The van der Waals surface area contributed by atoms with Crippen molar-refractivity contribution in [3.63, 3.8) is 0 Å². The first-order valence-corrected chi connectivity index (χ1v) is 9.93. The Hall–Kier alpha value is -2.78. The van der Waals surface area contributed by atoms with E-state index >= 15 is 0 Å². The molecule has 0 unspecified atom stereocenters. The zero-order chi connectivity index (χ0) is 23.3. The summed E-state index contributed by atoms with van der Waals surface area (Å²) < 4.78 is 60.4. The Balaban J connectivity index is 0.00000289. The highest BCUT2D eigenvalue weighted by Crippen LogP contribution is 2.40. The van der Waals surface area contributed by atoms with E-state index in [1.807, 2.05) is 18.2 Å². The molecular weight excluding hydrogens is 496 g/mol. The highest BCUT2D eigenvalue weighted by atomic mass is 35.5. The minimum Gasteiger partial charge on any atom is -0.493 e. The molecule has 188 valence electrons. The number of halogens is 5. The number of hydrogen-bond acceptors (Lipinski definition) is 6. The van der Waals surface area contributed by atoms with Crippen LogP contribution < -0.4 is 24.3 Å². The Kier molecular flexibility index (Phi) is 10.9. The molecule has 0 amide bonds. The first kappa shape index (κ1) is 29.3. The topological polar surface area (TPSA) is 61.8 Å². The SMILES string of the molecule is CCOc1ccc2c(Cc3cc(OC)c(OC)c(OC)c3)cncc2c1NCC(F)(F)F.Cl.Cl. The number of hydrogen-bond donors (Lipinski definition) is 1. The van der Waals surface area contributed by atoms with Gasteiger partial charge in [0, 0.05) is 17.8 Å². The van der Waals surface area contributed by atoms with Crippen LogP contribution >= 0.6 is 24.8 Å². The molecule has 11 heteroatoms. The summed E-state index contributed by atoms with van der Waals surface area (Å²) in [7, 11) is 4.60. The Morgan fingerprint density at radius 3 is 2.06 bits per heavy atom. The third-order valence-corrected chi connectivity index (χ3v) is 4.87. The summed E-state index contributed by atoms with van der Waals surface area (Å²) in [5.41, 5.74) is 1.96. The van der Waals surface area contributed by atoms with Gasteiger partial charge >= 0.3 is 6.18 Å². The van der Waals surface area contributed by atoms with Crippen LogP contribution in [0.4, 0.5) is 18.9 Å². The quantitative estimate of drug-likeness (QED) is 0.368. The summed E-state index contributed by atoms with van der Waals surface area (Å²) in [5.74, 6) is 1.85. The van der Waals surface area contributed by atoms with Crippen LogP contribution in [-0.4, -0.2) is 45.6 Å². The maximum Gasteiger partial charge on any atom is 0.405 e. The second-order valence-corrected chi connectivity index (χ2v) is 6.94. The maximum absolute atomic E-state index is 12.9. The van der Waals surface area contributed by atoms with Gasteiger partial charge < -0.3 is 24.3 Å². The summed E-state index contributed by atoms with van der Waals surface area (Å²) in [6.45, 7) is 0.922. The van der Waals surface area contributed by atoms with Gasteiger partial charge in [0.05, 0.1) is 33.6 Å². The van der Waals surface area contributed by atoms with E-state index in [2.05, 4.69) is 10.3 Å². The second kappa shape index (κ2) is 12.6. The lowest BCUT2D eigenvalue weighted by Crippen LogP contribution is -2.21. The summed E-state index contributed by atoms with van der Waals surface area (Å²) >= 11 is 0. The van der Waals surface area contributed by atoms with Crippen molar-refractivity contribution in [3.05, 3.63) is 47.8 Å². The summed E-state index contributed by atoms with van der Waals surface area (Å²) in [5, 5.41) is 3.79. The first-order valence-electron chi connectivity index (χ1n) is 9.93. The largest absolute Gasteiger partial charge is 0.493 e. The first-order chi connectivity index (χ1) is 15.3. The van der Waals surface area contributed by atoms with Gasteiger partial charge in [-0.15, -0.1) is 24.8 Å². The van der Waals surface area contributed by atoms with E-state index in [0.717, 1.165) is 16.5 Å². The van der Waals surface area contributed by atoms with Crippen LogP contribution in [0.3, 0.4) is 0 Å². The monoisotopic (exact) mass is 522 g/mol. The number of benzene rings is 2. The summed E-state index contributed by atoms with van der Waals surface area (Å²) in [4.78, 5) is 4.27. The number of fused-ring (bicyclic) bond motifs is 1.